The summed E-state index contributed by atoms with van der Waals surface area (Å²) < 4.78 is 19.2. The van der Waals surface area contributed by atoms with E-state index in [9.17, 15) is 9.18 Å². The molecule has 0 atom stereocenters. The third kappa shape index (κ3) is 4.71. The largest absolute Gasteiger partial charge is 0.370 e. The predicted octanol–water partition coefficient (Wildman–Crippen LogP) is 4.19. The van der Waals surface area contributed by atoms with Gasteiger partial charge in [-0.2, -0.15) is 0 Å². The summed E-state index contributed by atoms with van der Waals surface area (Å²) in [4.78, 5) is 16.3. The molecule has 3 rings (SSSR count). The van der Waals surface area contributed by atoms with E-state index in [2.05, 4.69) is 10.3 Å². The quantitative estimate of drug-likeness (QED) is 0.734. The van der Waals surface area contributed by atoms with Crippen LogP contribution in [0.1, 0.15) is 21.6 Å². The summed E-state index contributed by atoms with van der Waals surface area (Å²) in [5, 5.41) is 2.63. The molecule has 0 aliphatic rings. The number of hydrogen-bond acceptors (Lipinski definition) is 3. The highest BCUT2D eigenvalue weighted by atomic mass is 19.1. The van der Waals surface area contributed by atoms with Gasteiger partial charge in [0.15, 0.2) is 0 Å². The number of aromatic nitrogens is 1. The summed E-state index contributed by atoms with van der Waals surface area (Å²) in [5.41, 5.74) is 2.34. The maximum atomic E-state index is 13.6. The fourth-order valence-electron chi connectivity index (χ4n) is 2.28. The number of benzene rings is 2. The van der Waals surface area contributed by atoms with Crippen LogP contribution >= 0.6 is 0 Å². The molecule has 0 saturated carbocycles. The molecule has 0 radical (unpaired) electrons. The molecule has 2 aromatic carbocycles. The Balaban J connectivity index is 1.53. The van der Waals surface area contributed by atoms with E-state index < -0.39 is 11.7 Å². The van der Waals surface area contributed by atoms with E-state index in [-0.39, 0.29) is 5.56 Å². The van der Waals surface area contributed by atoms with Crippen LogP contribution in [-0.4, -0.2) is 10.9 Å². The number of halogens is 1. The molecule has 25 heavy (non-hydrogen) atoms. The lowest BCUT2D eigenvalue weighted by molar-refractivity contribution is 0.102. The first-order chi connectivity index (χ1) is 12.2. The van der Waals surface area contributed by atoms with Crippen molar-refractivity contribution in [1.82, 2.24) is 4.98 Å². The number of hydrogen-bond donors (Lipinski definition) is 1. The van der Waals surface area contributed by atoms with Crippen LogP contribution in [0.5, 0.6) is 0 Å². The summed E-state index contributed by atoms with van der Waals surface area (Å²) in [6, 6.07) is 19.2. The van der Waals surface area contributed by atoms with Gasteiger partial charge in [-0.1, -0.05) is 42.5 Å². The molecule has 3 aromatic rings. The number of amides is 1. The van der Waals surface area contributed by atoms with Gasteiger partial charge in [0.25, 0.3) is 5.91 Å². The monoisotopic (exact) mass is 336 g/mol. The first-order valence-electron chi connectivity index (χ1n) is 7.85. The molecule has 4 nitrogen and oxygen atoms in total. The van der Waals surface area contributed by atoms with Crippen LogP contribution < -0.4 is 5.32 Å². The van der Waals surface area contributed by atoms with Crippen molar-refractivity contribution in [2.45, 2.75) is 13.2 Å². The number of anilines is 1. The zero-order chi connectivity index (χ0) is 17.5. The van der Waals surface area contributed by atoms with Gasteiger partial charge in [0.1, 0.15) is 5.82 Å². The first-order valence-corrected chi connectivity index (χ1v) is 7.85. The van der Waals surface area contributed by atoms with E-state index in [0.717, 1.165) is 11.3 Å². The average Bonchev–Trinajstić information content (AvgIpc) is 2.64. The number of carbonyl (C=O) groups is 1. The van der Waals surface area contributed by atoms with Gasteiger partial charge in [0.2, 0.25) is 0 Å². The molecule has 0 saturated heterocycles. The molecule has 126 valence electrons. The molecule has 0 bridgehead atoms. The topological polar surface area (TPSA) is 51.2 Å². The third-order valence-electron chi connectivity index (χ3n) is 3.56. The van der Waals surface area contributed by atoms with E-state index >= 15 is 0 Å². The number of pyridine rings is 1. The molecular weight excluding hydrogens is 319 g/mol. The van der Waals surface area contributed by atoms with E-state index in [1.165, 1.54) is 24.4 Å². The molecule has 0 spiro atoms. The Hall–Kier alpha value is -3.05. The van der Waals surface area contributed by atoms with Gasteiger partial charge in [-0.05, 0) is 29.8 Å². The van der Waals surface area contributed by atoms with E-state index in [1.54, 1.807) is 18.2 Å². The minimum absolute atomic E-state index is 0.00206. The van der Waals surface area contributed by atoms with Crippen molar-refractivity contribution in [3.63, 3.8) is 0 Å². The number of ether oxygens (including phenoxy) is 1. The highest BCUT2D eigenvalue weighted by molar-refractivity contribution is 6.04. The van der Waals surface area contributed by atoms with Crippen molar-refractivity contribution < 1.29 is 13.9 Å². The van der Waals surface area contributed by atoms with Gasteiger partial charge in [-0.3, -0.25) is 9.78 Å². The molecule has 0 fully saturated rings. The molecule has 1 heterocycles. The highest BCUT2D eigenvalue weighted by Gasteiger charge is 2.11. The van der Waals surface area contributed by atoms with Crippen LogP contribution in [0.25, 0.3) is 0 Å². The van der Waals surface area contributed by atoms with E-state index in [0.29, 0.717) is 18.9 Å². The zero-order valence-corrected chi connectivity index (χ0v) is 13.5. The predicted molar refractivity (Wildman–Crippen MR) is 93.5 cm³/mol. The molecule has 1 amide bonds. The van der Waals surface area contributed by atoms with Crippen LogP contribution in [0, 0.1) is 5.82 Å². The second-order valence-electron chi connectivity index (χ2n) is 5.45. The van der Waals surface area contributed by atoms with Crippen molar-refractivity contribution >= 4 is 11.6 Å². The Labute approximate surface area is 145 Å². The minimum Gasteiger partial charge on any atom is -0.370 e. The number of rotatable bonds is 6. The number of nitrogens with zero attached hydrogens (tertiary/aromatic N) is 1. The molecule has 1 aromatic heterocycles. The van der Waals surface area contributed by atoms with Crippen molar-refractivity contribution in [1.29, 1.82) is 0 Å². The first kappa shape index (κ1) is 16.8. The van der Waals surface area contributed by atoms with Crippen LogP contribution in [0.15, 0.2) is 72.9 Å². The summed E-state index contributed by atoms with van der Waals surface area (Å²) in [7, 11) is 0. The van der Waals surface area contributed by atoms with Crippen LogP contribution in [0.2, 0.25) is 0 Å². The number of nitrogens with one attached hydrogen (secondary N) is 1. The molecule has 1 N–H and O–H groups in total. The maximum Gasteiger partial charge on any atom is 0.258 e. The zero-order valence-electron chi connectivity index (χ0n) is 13.5. The van der Waals surface area contributed by atoms with E-state index in [4.69, 9.17) is 4.74 Å². The third-order valence-corrected chi connectivity index (χ3v) is 3.56. The van der Waals surface area contributed by atoms with Gasteiger partial charge in [-0.25, -0.2) is 4.39 Å². The molecular formula is C20H17FN2O2. The van der Waals surface area contributed by atoms with Crippen LogP contribution in [0.3, 0.4) is 0 Å². The Bertz CT molecular complexity index is 836. The Morgan fingerprint density at radius 1 is 0.960 bits per heavy atom. The average molecular weight is 336 g/mol. The van der Waals surface area contributed by atoms with Gasteiger partial charge in [0, 0.05) is 0 Å². The van der Waals surface area contributed by atoms with Gasteiger partial charge in [-0.15, -0.1) is 0 Å². The van der Waals surface area contributed by atoms with Crippen molar-refractivity contribution in [3.8, 4) is 0 Å². The summed E-state index contributed by atoms with van der Waals surface area (Å²) in [6.07, 6.45) is 1.53. The second-order valence-corrected chi connectivity index (χ2v) is 5.45. The fraction of sp³-hybridized carbons (Fsp3) is 0.100. The summed E-state index contributed by atoms with van der Waals surface area (Å²) >= 11 is 0. The minimum atomic E-state index is -0.557. The van der Waals surface area contributed by atoms with Crippen molar-refractivity contribution in [2.24, 2.45) is 0 Å². The molecule has 0 aliphatic heterocycles. The van der Waals surface area contributed by atoms with Crippen LogP contribution in [0.4, 0.5) is 10.1 Å². The Kier molecular flexibility index (Phi) is 5.49. The lowest BCUT2D eigenvalue weighted by Crippen LogP contribution is -2.13. The SMILES string of the molecule is O=C(Nc1ccc(COCc2ccccc2)nc1)c1ccccc1F. The normalized spacial score (nSPS) is 10.4. The Morgan fingerprint density at radius 2 is 1.72 bits per heavy atom. The van der Waals surface area contributed by atoms with Crippen LogP contribution in [-0.2, 0) is 18.0 Å². The second kappa shape index (κ2) is 8.17. The smallest absolute Gasteiger partial charge is 0.258 e. The van der Waals surface area contributed by atoms with Gasteiger partial charge in [0.05, 0.1) is 36.4 Å². The Morgan fingerprint density at radius 3 is 2.44 bits per heavy atom. The lowest BCUT2D eigenvalue weighted by Gasteiger charge is -2.07. The van der Waals surface area contributed by atoms with Gasteiger partial charge < -0.3 is 10.1 Å². The lowest BCUT2D eigenvalue weighted by atomic mass is 10.2. The molecule has 5 heteroatoms. The van der Waals surface area contributed by atoms with Gasteiger partial charge >= 0.3 is 0 Å². The fourth-order valence-corrected chi connectivity index (χ4v) is 2.28. The maximum absolute atomic E-state index is 13.6. The standard InChI is InChI=1S/C20H17FN2O2/c21-19-9-5-4-8-18(19)20(24)23-16-10-11-17(22-12-16)14-25-13-15-6-2-1-3-7-15/h1-12H,13-14H2,(H,23,24). The van der Waals surface area contributed by atoms with Crippen molar-refractivity contribution in [3.05, 3.63) is 95.6 Å². The number of carbonyl (C=O) groups excluding carboxylic acids is 1. The molecule has 0 aliphatic carbocycles. The van der Waals surface area contributed by atoms with E-state index in [1.807, 2.05) is 30.3 Å². The summed E-state index contributed by atoms with van der Waals surface area (Å²) in [6.45, 7) is 0.880. The summed E-state index contributed by atoms with van der Waals surface area (Å²) in [5.74, 6) is -1.06. The highest BCUT2D eigenvalue weighted by Crippen LogP contribution is 2.12. The molecule has 0 unspecified atom stereocenters. The van der Waals surface area contributed by atoms with Crippen molar-refractivity contribution in [2.75, 3.05) is 5.32 Å².